The van der Waals surface area contributed by atoms with E-state index in [0.29, 0.717) is 35.4 Å². The smallest absolute Gasteiger partial charge is 0.340 e. The van der Waals surface area contributed by atoms with E-state index in [4.69, 9.17) is 9.47 Å². The summed E-state index contributed by atoms with van der Waals surface area (Å²) in [5.74, 6) is -1.20. The van der Waals surface area contributed by atoms with Gasteiger partial charge in [-0.15, -0.1) is 0 Å². The van der Waals surface area contributed by atoms with Crippen LogP contribution in [-0.2, 0) is 24.3 Å². The summed E-state index contributed by atoms with van der Waals surface area (Å²) in [7, 11) is -3.71. The molecule has 0 bridgehead atoms. The molecule has 1 aliphatic rings. The molecule has 0 aliphatic carbocycles. The Morgan fingerprint density at radius 2 is 1.91 bits per heavy atom. The fourth-order valence-electron chi connectivity index (χ4n) is 3.53. The van der Waals surface area contributed by atoms with E-state index in [-0.39, 0.29) is 18.0 Å². The minimum Gasteiger partial charge on any atom is -0.452 e. The molecule has 1 aromatic heterocycles. The number of H-pyrrole nitrogens is 1. The molecule has 1 aliphatic heterocycles. The van der Waals surface area contributed by atoms with Crippen LogP contribution in [0, 0.1) is 6.92 Å². The highest BCUT2D eigenvalue weighted by Gasteiger charge is 2.28. The zero-order chi connectivity index (χ0) is 22.7. The number of carbonyl (C=O) groups excluding carboxylic acids is 2. The summed E-state index contributed by atoms with van der Waals surface area (Å²) < 4.78 is 37.7. The first-order chi connectivity index (χ1) is 15.4. The molecule has 0 atom stereocenters. The molecule has 9 nitrogen and oxygen atoms in total. The van der Waals surface area contributed by atoms with Crippen LogP contribution in [0.2, 0.25) is 0 Å². The van der Waals surface area contributed by atoms with Crippen molar-refractivity contribution in [3.8, 4) is 0 Å². The molecule has 2 heterocycles. The van der Waals surface area contributed by atoms with Gasteiger partial charge in [-0.3, -0.25) is 4.79 Å². The molecule has 0 spiro atoms. The van der Waals surface area contributed by atoms with Gasteiger partial charge < -0.3 is 19.8 Å². The lowest BCUT2D eigenvalue weighted by atomic mass is 10.2. The van der Waals surface area contributed by atoms with E-state index in [9.17, 15) is 18.0 Å². The largest absolute Gasteiger partial charge is 0.452 e. The van der Waals surface area contributed by atoms with Crippen molar-refractivity contribution in [2.75, 3.05) is 38.2 Å². The highest BCUT2D eigenvalue weighted by molar-refractivity contribution is 7.89. The van der Waals surface area contributed by atoms with Crippen LogP contribution in [-0.4, -0.2) is 62.5 Å². The van der Waals surface area contributed by atoms with Crippen molar-refractivity contribution >= 4 is 38.5 Å². The van der Waals surface area contributed by atoms with Gasteiger partial charge in [0.05, 0.1) is 23.7 Å². The van der Waals surface area contributed by atoms with Gasteiger partial charge in [0.25, 0.3) is 5.91 Å². The normalized spacial score (nSPS) is 14.9. The minimum atomic E-state index is -3.71. The van der Waals surface area contributed by atoms with E-state index >= 15 is 0 Å². The van der Waals surface area contributed by atoms with Crippen molar-refractivity contribution in [1.29, 1.82) is 0 Å². The lowest BCUT2D eigenvalue weighted by molar-refractivity contribution is -0.119. The Balaban J connectivity index is 1.42. The van der Waals surface area contributed by atoms with Crippen molar-refractivity contribution in [3.05, 3.63) is 59.8 Å². The first-order valence-electron chi connectivity index (χ1n) is 10.1. The molecule has 0 saturated carbocycles. The number of fused-ring (bicyclic) bond motifs is 1. The van der Waals surface area contributed by atoms with Gasteiger partial charge in [0, 0.05) is 35.9 Å². The molecule has 0 unspecified atom stereocenters. The molecule has 2 aromatic carbocycles. The monoisotopic (exact) mass is 457 g/mol. The van der Waals surface area contributed by atoms with Crippen LogP contribution in [0.3, 0.4) is 0 Å². The summed E-state index contributed by atoms with van der Waals surface area (Å²) in [5.41, 5.74) is 2.00. The summed E-state index contributed by atoms with van der Waals surface area (Å²) in [4.78, 5) is 27.8. The molecule has 1 fully saturated rings. The van der Waals surface area contributed by atoms with Gasteiger partial charge >= 0.3 is 5.97 Å². The minimum absolute atomic E-state index is 0.119. The highest BCUT2D eigenvalue weighted by Crippen LogP contribution is 2.24. The average Bonchev–Trinajstić information content (AvgIpc) is 3.23. The number of amides is 1. The van der Waals surface area contributed by atoms with Crippen LogP contribution in [0.15, 0.2) is 53.6 Å². The second-order valence-electron chi connectivity index (χ2n) is 7.37. The van der Waals surface area contributed by atoms with E-state index in [2.05, 4.69) is 10.3 Å². The van der Waals surface area contributed by atoms with Crippen LogP contribution in [0.5, 0.6) is 0 Å². The van der Waals surface area contributed by atoms with E-state index in [1.165, 1.54) is 16.6 Å². The molecule has 0 radical (unpaired) electrons. The Labute approximate surface area is 185 Å². The third-order valence-corrected chi connectivity index (χ3v) is 7.24. The molecule has 168 valence electrons. The van der Waals surface area contributed by atoms with Gasteiger partial charge in [0.1, 0.15) is 0 Å². The number of carbonyl (C=O) groups is 2. The van der Waals surface area contributed by atoms with Crippen molar-refractivity contribution in [3.63, 3.8) is 0 Å². The fraction of sp³-hybridized carbons (Fsp3) is 0.273. The summed E-state index contributed by atoms with van der Waals surface area (Å²) in [6.07, 6.45) is 1.54. The van der Waals surface area contributed by atoms with Crippen LogP contribution >= 0.6 is 0 Å². The number of ether oxygens (including phenoxy) is 2. The van der Waals surface area contributed by atoms with Crippen molar-refractivity contribution in [2.45, 2.75) is 11.8 Å². The summed E-state index contributed by atoms with van der Waals surface area (Å²) in [5, 5.41) is 3.29. The second-order valence-corrected chi connectivity index (χ2v) is 9.28. The van der Waals surface area contributed by atoms with Gasteiger partial charge in [0.15, 0.2) is 6.61 Å². The number of rotatable bonds is 6. The third-order valence-electron chi connectivity index (χ3n) is 5.20. The standard InChI is InChI=1S/C22H23N3O6S/c1-15-6-7-16(12-20(15)32(28,29)25-8-10-30-11-9-25)24-21(26)14-31-22(27)18-13-23-19-5-3-2-4-17(18)19/h2-7,12-13,23H,8-11,14H2,1H3,(H,24,26). The number of nitrogens with one attached hydrogen (secondary N) is 2. The van der Waals surface area contributed by atoms with Gasteiger partial charge in [-0.25, -0.2) is 13.2 Å². The Morgan fingerprint density at radius 1 is 1.16 bits per heavy atom. The summed E-state index contributed by atoms with van der Waals surface area (Å²) >= 11 is 0. The van der Waals surface area contributed by atoms with Crippen LogP contribution in [0.4, 0.5) is 5.69 Å². The first-order valence-corrected chi connectivity index (χ1v) is 11.5. The molecule has 10 heteroatoms. The molecule has 2 N–H and O–H groups in total. The number of aromatic nitrogens is 1. The Kier molecular flexibility index (Phi) is 6.26. The zero-order valence-corrected chi connectivity index (χ0v) is 18.3. The number of anilines is 1. The average molecular weight is 458 g/mol. The third kappa shape index (κ3) is 4.52. The van der Waals surface area contributed by atoms with Gasteiger partial charge in [-0.2, -0.15) is 4.31 Å². The van der Waals surface area contributed by atoms with Crippen molar-refractivity contribution in [2.24, 2.45) is 0 Å². The maximum atomic E-state index is 13.0. The Morgan fingerprint density at radius 3 is 2.69 bits per heavy atom. The van der Waals surface area contributed by atoms with E-state index < -0.39 is 28.5 Å². The molecule has 1 amide bonds. The number of esters is 1. The number of hydrogen-bond acceptors (Lipinski definition) is 6. The maximum absolute atomic E-state index is 13.0. The Bertz CT molecular complexity index is 1260. The molecule has 1 saturated heterocycles. The van der Waals surface area contributed by atoms with Crippen LogP contribution < -0.4 is 5.32 Å². The predicted molar refractivity (Wildman–Crippen MR) is 118 cm³/mol. The molecule has 32 heavy (non-hydrogen) atoms. The van der Waals surface area contributed by atoms with E-state index in [1.54, 1.807) is 31.2 Å². The fourth-order valence-corrected chi connectivity index (χ4v) is 5.19. The topological polar surface area (TPSA) is 118 Å². The van der Waals surface area contributed by atoms with Crippen molar-refractivity contribution in [1.82, 2.24) is 9.29 Å². The van der Waals surface area contributed by atoms with E-state index in [0.717, 1.165) is 5.52 Å². The SMILES string of the molecule is Cc1ccc(NC(=O)COC(=O)c2c[nH]c3ccccc23)cc1S(=O)(=O)N1CCOCC1. The lowest BCUT2D eigenvalue weighted by Gasteiger charge is -2.26. The van der Waals surface area contributed by atoms with E-state index in [1.807, 2.05) is 12.1 Å². The highest BCUT2D eigenvalue weighted by atomic mass is 32.2. The number of benzene rings is 2. The number of hydrogen-bond donors (Lipinski definition) is 2. The lowest BCUT2D eigenvalue weighted by Crippen LogP contribution is -2.40. The maximum Gasteiger partial charge on any atom is 0.340 e. The van der Waals surface area contributed by atoms with Gasteiger partial charge in [-0.05, 0) is 30.7 Å². The molecular formula is C22H23N3O6S. The molecule has 4 rings (SSSR count). The number of aromatic amines is 1. The van der Waals surface area contributed by atoms with Gasteiger partial charge in [-0.1, -0.05) is 24.3 Å². The predicted octanol–water partition coefficient (Wildman–Crippen LogP) is 2.29. The first kappa shape index (κ1) is 22.0. The van der Waals surface area contributed by atoms with Crippen LogP contribution in [0.25, 0.3) is 10.9 Å². The molecule has 3 aromatic rings. The summed E-state index contributed by atoms with van der Waals surface area (Å²) in [6.45, 7) is 2.44. The number of aryl methyl sites for hydroxylation is 1. The molecular weight excluding hydrogens is 434 g/mol. The zero-order valence-electron chi connectivity index (χ0n) is 17.5. The number of sulfonamides is 1. The van der Waals surface area contributed by atoms with Gasteiger partial charge in [0.2, 0.25) is 10.0 Å². The number of para-hydroxylation sites is 1. The Hall–Kier alpha value is -3.21. The second kappa shape index (κ2) is 9.11. The summed E-state index contributed by atoms with van der Waals surface area (Å²) in [6, 6.07) is 11.9. The quantitative estimate of drug-likeness (QED) is 0.549. The van der Waals surface area contributed by atoms with Crippen LogP contribution in [0.1, 0.15) is 15.9 Å². The number of nitrogens with zero attached hydrogens (tertiary/aromatic N) is 1. The van der Waals surface area contributed by atoms with Crippen molar-refractivity contribution < 1.29 is 27.5 Å². The number of morpholine rings is 1.